The van der Waals surface area contributed by atoms with Gasteiger partial charge in [0.1, 0.15) is 5.75 Å². The molecule has 0 bridgehead atoms. The third-order valence-corrected chi connectivity index (χ3v) is 4.60. The minimum absolute atomic E-state index is 0.134. The number of aliphatic carboxylic acids is 1. The van der Waals surface area contributed by atoms with E-state index in [0.717, 1.165) is 28.1 Å². The molecule has 0 radical (unpaired) electrons. The number of benzene rings is 2. The molecule has 3 N–H and O–H groups in total. The molecule has 0 aliphatic heterocycles. The fraction of sp³-hybridized carbons (Fsp3) is 0.435. The Bertz CT molecular complexity index is 774. The van der Waals surface area contributed by atoms with E-state index >= 15 is 0 Å². The average molecular weight is 370 g/mol. The van der Waals surface area contributed by atoms with E-state index in [4.69, 9.17) is 5.11 Å². The lowest BCUT2D eigenvalue weighted by Crippen LogP contribution is -2.17. The lowest BCUT2D eigenvalue weighted by Gasteiger charge is -2.28. The molecule has 0 saturated heterocycles. The molecule has 0 saturated carbocycles. The fourth-order valence-corrected chi connectivity index (χ4v) is 3.02. The van der Waals surface area contributed by atoms with Crippen LogP contribution in [0, 0.1) is 0 Å². The molecule has 0 heterocycles. The van der Waals surface area contributed by atoms with Crippen molar-refractivity contribution in [2.75, 3.05) is 5.32 Å². The van der Waals surface area contributed by atoms with Gasteiger partial charge in [-0.3, -0.25) is 4.79 Å². The number of aryl methyl sites for hydroxylation is 1. The highest BCUT2D eigenvalue weighted by molar-refractivity contribution is 5.68. The summed E-state index contributed by atoms with van der Waals surface area (Å²) in [6, 6.07) is 11.8. The molecular formula is C23H31NO3. The van der Waals surface area contributed by atoms with Gasteiger partial charge in [-0.05, 0) is 47.1 Å². The van der Waals surface area contributed by atoms with Crippen molar-refractivity contribution < 1.29 is 15.0 Å². The van der Waals surface area contributed by atoms with Crippen molar-refractivity contribution in [2.45, 2.75) is 65.2 Å². The Morgan fingerprint density at radius 2 is 1.37 bits per heavy atom. The number of carbonyl (C=O) groups is 1. The highest BCUT2D eigenvalue weighted by atomic mass is 16.4. The average Bonchev–Trinajstić information content (AvgIpc) is 2.53. The molecule has 0 aliphatic carbocycles. The summed E-state index contributed by atoms with van der Waals surface area (Å²) in [5.74, 6) is -0.421. The topological polar surface area (TPSA) is 69.6 Å². The van der Waals surface area contributed by atoms with Crippen molar-refractivity contribution in [3.8, 4) is 5.75 Å². The fourth-order valence-electron chi connectivity index (χ4n) is 3.02. The summed E-state index contributed by atoms with van der Waals surface area (Å²) in [6.45, 7) is 12.6. The SMILES string of the molecule is CC(C)(C)c1cc(Nc2ccc(CCC(=O)O)cc2)cc(C(C)(C)C)c1O. The first-order valence-corrected chi connectivity index (χ1v) is 9.33. The Balaban J connectivity index is 2.34. The Morgan fingerprint density at radius 3 is 1.78 bits per heavy atom. The summed E-state index contributed by atoms with van der Waals surface area (Å²) >= 11 is 0. The van der Waals surface area contributed by atoms with Crippen molar-refractivity contribution in [3.63, 3.8) is 0 Å². The second-order valence-corrected chi connectivity index (χ2v) is 9.14. The van der Waals surface area contributed by atoms with Crippen molar-refractivity contribution in [2.24, 2.45) is 0 Å². The Morgan fingerprint density at radius 1 is 0.889 bits per heavy atom. The number of phenolic OH excluding ortho intramolecular Hbond substituents is 1. The van der Waals surface area contributed by atoms with Crippen LogP contribution in [0.4, 0.5) is 11.4 Å². The van der Waals surface area contributed by atoms with Gasteiger partial charge in [-0.15, -0.1) is 0 Å². The summed E-state index contributed by atoms with van der Waals surface area (Å²) in [5, 5.41) is 23.0. The third kappa shape index (κ3) is 5.49. The number of hydrogen-bond acceptors (Lipinski definition) is 3. The van der Waals surface area contributed by atoms with E-state index in [2.05, 4.69) is 46.9 Å². The molecule has 4 heteroatoms. The smallest absolute Gasteiger partial charge is 0.303 e. The van der Waals surface area contributed by atoms with Crippen LogP contribution in [0.3, 0.4) is 0 Å². The number of rotatable bonds is 5. The van der Waals surface area contributed by atoms with E-state index in [1.165, 1.54) is 0 Å². The van der Waals surface area contributed by atoms with Crippen LogP contribution >= 0.6 is 0 Å². The van der Waals surface area contributed by atoms with Gasteiger partial charge in [0.25, 0.3) is 0 Å². The van der Waals surface area contributed by atoms with Crippen molar-refractivity contribution in [3.05, 3.63) is 53.1 Å². The van der Waals surface area contributed by atoms with Gasteiger partial charge in [-0.25, -0.2) is 0 Å². The Hall–Kier alpha value is -2.49. The lowest BCUT2D eigenvalue weighted by molar-refractivity contribution is -0.136. The van der Waals surface area contributed by atoms with Crippen LogP contribution in [-0.4, -0.2) is 16.2 Å². The summed E-state index contributed by atoms with van der Waals surface area (Å²) in [6.07, 6.45) is 0.659. The minimum atomic E-state index is -0.786. The van der Waals surface area contributed by atoms with Crippen LogP contribution < -0.4 is 5.32 Å². The molecule has 0 unspecified atom stereocenters. The Labute approximate surface area is 162 Å². The van der Waals surface area contributed by atoms with Gasteiger partial charge < -0.3 is 15.5 Å². The summed E-state index contributed by atoms with van der Waals surface area (Å²) in [5.41, 5.74) is 4.33. The van der Waals surface area contributed by atoms with E-state index in [1.54, 1.807) is 0 Å². The first-order valence-electron chi connectivity index (χ1n) is 9.33. The largest absolute Gasteiger partial charge is 0.507 e. The number of hydrogen-bond donors (Lipinski definition) is 3. The molecular weight excluding hydrogens is 338 g/mol. The summed E-state index contributed by atoms with van der Waals surface area (Å²) in [4.78, 5) is 10.7. The van der Waals surface area contributed by atoms with E-state index in [-0.39, 0.29) is 17.3 Å². The molecule has 0 aromatic heterocycles. The van der Waals surface area contributed by atoms with Crippen molar-refractivity contribution >= 4 is 17.3 Å². The number of carboxylic acid groups (broad SMARTS) is 1. The summed E-state index contributed by atoms with van der Waals surface area (Å²) in [7, 11) is 0. The van der Waals surface area contributed by atoms with Gasteiger partial charge in [-0.2, -0.15) is 0 Å². The number of aromatic hydroxyl groups is 1. The molecule has 4 nitrogen and oxygen atoms in total. The predicted octanol–water partition coefficient (Wildman–Crippen LogP) is 5.75. The quantitative estimate of drug-likeness (QED) is 0.587. The molecule has 0 atom stereocenters. The van der Waals surface area contributed by atoms with Crippen LogP contribution in [-0.2, 0) is 22.0 Å². The molecule has 146 valence electrons. The Kier molecular flexibility index (Phi) is 5.88. The first kappa shape index (κ1) is 20.8. The molecule has 0 spiro atoms. The zero-order valence-electron chi connectivity index (χ0n) is 17.2. The van der Waals surface area contributed by atoms with Crippen molar-refractivity contribution in [1.82, 2.24) is 0 Å². The van der Waals surface area contributed by atoms with Gasteiger partial charge >= 0.3 is 5.97 Å². The van der Waals surface area contributed by atoms with Crippen LogP contribution in [0.15, 0.2) is 36.4 Å². The zero-order chi connectivity index (χ0) is 20.4. The number of anilines is 2. The maximum absolute atomic E-state index is 10.8. The van der Waals surface area contributed by atoms with E-state index in [9.17, 15) is 9.90 Å². The number of phenols is 1. The van der Waals surface area contributed by atoms with Crippen molar-refractivity contribution in [1.29, 1.82) is 0 Å². The lowest BCUT2D eigenvalue weighted by atomic mass is 9.79. The molecule has 0 fully saturated rings. The summed E-state index contributed by atoms with van der Waals surface area (Å²) < 4.78 is 0. The van der Waals surface area contributed by atoms with Gasteiger partial charge in [0.15, 0.2) is 0 Å². The zero-order valence-corrected chi connectivity index (χ0v) is 17.2. The highest BCUT2D eigenvalue weighted by Crippen LogP contribution is 2.41. The standard InChI is InChI=1S/C23H31NO3/c1-22(2,3)18-13-17(14-19(21(18)27)23(4,5)6)24-16-10-7-15(8-11-16)9-12-20(25)26/h7-8,10-11,13-14,24,27H,9,12H2,1-6H3,(H,25,26). The number of carboxylic acids is 1. The molecule has 2 aromatic carbocycles. The number of nitrogens with one attached hydrogen (secondary N) is 1. The normalized spacial score (nSPS) is 12.1. The first-order chi connectivity index (χ1) is 12.4. The maximum atomic E-state index is 10.8. The molecule has 0 amide bonds. The van der Waals surface area contributed by atoms with E-state index < -0.39 is 5.97 Å². The van der Waals surface area contributed by atoms with Crippen LogP contribution in [0.25, 0.3) is 0 Å². The van der Waals surface area contributed by atoms with Crippen LogP contribution in [0.5, 0.6) is 5.75 Å². The highest BCUT2D eigenvalue weighted by Gasteiger charge is 2.26. The van der Waals surface area contributed by atoms with Crippen LogP contribution in [0.1, 0.15) is 64.7 Å². The second-order valence-electron chi connectivity index (χ2n) is 9.14. The molecule has 2 rings (SSSR count). The molecule has 27 heavy (non-hydrogen) atoms. The van der Waals surface area contributed by atoms with Gasteiger partial charge in [0.2, 0.25) is 0 Å². The predicted molar refractivity (Wildman–Crippen MR) is 111 cm³/mol. The molecule has 0 aliphatic rings. The van der Waals surface area contributed by atoms with Gasteiger partial charge in [0, 0.05) is 28.9 Å². The molecule has 2 aromatic rings. The van der Waals surface area contributed by atoms with Gasteiger partial charge in [0.05, 0.1) is 0 Å². The minimum Gasteiger partial charge on any atom is -0.507 e. The maximum Gasteiger partial charge on any atom is 0.303 e. The van der Waals surface area contributed by atoms with E-state index in [0.29, 0.717) is 12.2 Å². The third-order valence-electron chi connectivity index (χ3n) is 4.60. The second kappa shape index (κ2) is 7.63. The van der Waals surface area contributed by atoms with Gasteiger partial charge in [-0.1, -0.05) is 53.7 Å². The van der Waals surface area contributed by atoms with Crippen LogP contribution in [0.2, 0.25) is 0 Å². The monoisotopic (exact) mass is 369 g/mol. The van der Waals surface area contributed by atoms with E-state index in [1.807, 2.05) is 36.4 Å².